The zero-order chi connectivity index (χ0) is 23.9. The molecule has 0 radical (unpaired) electrons. The van der Waals surface area contributed by atoms with Crippen LogP contribution in [-0.2, 0) is 23.9 Å². The highest BCUT2D eigenvalue weighted by Crippen LogP contribution is 2.69. The van der Waals surface area contributed by atoms with Crippen LogP contribution in [0.4, 0.5) is 0 Å². The molecule has 1 heterocycles. The summed E-state index contributed by atoms with van der Waals surface area (Å²) in [5.74, 6) is 0.596. The van der Waals surface area contributed by atoms with Crippen LogP contribution in [0.3, 0.4) is 0 Å². The van der Waals surface area contributed by atoms with Gasteiger partial charge in [0.25, 0.3) is 0 Å². The number of fused-ring (bicyclic) bond motifs is 7. The van der Waals surface area contributed by atoms with Gasteiger partial charge in [-0.25, -0.2) is 0 Å². The van der Waals surface area contributed by atoms with E-state index in [1.54, 1.807) is 13.0 Å². The quantitative estimate of drug-likeness (QED) is 0.420. The summed E-state index contributed by atoms with van der Waals surface area (Å²) < 4.78 is 11.3. The highest BCUT2D eigenvalue weighted by molar-refractivity contribution is 6.06. The molecule has 1 aliphatic heterocycles. The molecule has 5 heteroatoms. The van der Waals surface area contributed by atoms with Crippen molar-refractivity contribution in [1.29, 1.82) is 0 Å². The Bertz CT molecular complexity index is 1050. The van der Waals surface area contributed by atoms with Crippen molar-refractivity contribution < 1.29 is 23.9 Å². The van der Waals surface area contributed by atoms with Gasteiger partial charge < -0.3 is 9.47 Å². The first-order valence-corrected chi connectivity index (χ1v) is 13.2. The van der Waals surface area contributed by atoms with E-state index in [0.717, 1.165) is 44.1 Å². The van der Waals surface area contributed by atoms with Crippen LogP contribution in [0.1, 0.15) is 72.1 Å². The smallest absolute Gasteiger partial charge is 0.316 e. The van der Waals surface area contributed by atoms with Crippen molar-refractivity contribution in [3.8, 4) is 0 Å². The molecule has 8 atom stereocenters. The maximum atomic E-state index is 12.7. The lowest BCUT2D eigenvalue weighted by Crippen LogP contribution is -2.54. The number of rotatable bonds is 2. The lowest BCUT2D eigenvalue weighted by Gasteiger charge is -2.58. The second kappa shape index (κ2) is 7.41. The van der Waals surface area contributed by atoms with Gasteiger partial charge in [-0.05, 0) is 98.2 Å². The van der Waals surface area contributed by atoms with Gasteiger partial charge in [-0.3, -0.25) is 14.4 Å². The first-order valence-electron chi connectivity index (χ1n) is 13.2. The summed E-state index contributed by atoms with van der Waals surface area (Å²) in [6.45, 7) is 6.89. The van der Waals surface area contributed by atoms with E-state index in [4.69, 9.17) is 9.47 Å². The van der Waals surface area contributed by atoms with Gasteiger partial charge in [-0.1, -0.05) is 32.1 Å². The third-order valence-corrected chi connectivity index (χ3v) is 10.8. The van der Waals surface area contributed by atoms with Crippen molar-refractivity contribution in [2.24, 2.45) is 40.4 Å². The number of hydrogen-bond donors (Lipinski definition) is 0. The van der Waals surface area contributed by atoms with Crippen molar-refractivity contribution in [1.82, 2.24) is 0 Å². The Balaban J connectivity index is 1.31. The van der Waals surface area contributed by atoms with Crippen molar-refractivity contribution in [2.45, 2.75) is 77.7 Å². The molecule has 0 bridgehead atoms. The molecule has 0 aromatic rings. The fourth-order valence-corrected chi connectivity index (χ4v) is 9.03. The Morgan fingerprint density at radius 3 is 2.65 bits per heavy atom. The predicted molar refractivity (Wildman–Crippen MR) is 126 cm³/mol. The first kappa shape index (κ1) is 22.3. The maximum Gasteiger partial charge on any atom is 0.316 e. The molecule has 182 valence electrons. The maximum absolute atomic E-state index is 12.7. The highest BCUT2D eigenvalue weighted by Gasteiger charge is 2.66. The Hall–Kier alpha value is -2.17. The van der Waals surface area contributed by atoms with Crippen LogP contribution in [0.2, 0.25) is 0 Å². The topological polar surface area (TPSA) is 69.7 Å². The molecular weight excluding hydrogens is 428 g/mol. The normalized spacial score (nSPS) is 46.6. The van der Waals surface area contributed by atoms with Gasteiger partial charge in [-0.2, -0.15) is 0 Å². The number of ketones is 1. The fraction of sp³-hybridized carbons (Fsp3) is 0.690. The molecule has 6 aliphatic rings. The van der Waals surface area contributed by atoms with Crippen molar-refractivity contribution in [3.63, 3.8) is 0 Å². The van der Waals surface area contributed by atoms with E-state index in [1.807, 2.05) is 0 Å². The average molecular weight is 465 g/mol. The lowest BCUT2D eigenvalue weighted by atomic mass is 9.47. The van der Waals surface area contributed by atoms with Crippen molar-refractivity contribution in [2.75, 3.05) is 6.61 Å². The average Bonchev–Trinajstić information content (AvgIpc) is 3.32. The van der Waals surface area contributed by atoms with Gasteiger partial charge in [0, 0.05) is 11.8 Å². The Morgan fingerprint density at radius 1 is 1.12 bits per heavy atom. The molecule has 0 aromatic heterocycles. The highest BCUT2D eigenvalue weighted by atomic mass is 16.6. The number of carbonyl (C=O) groups is 3. The second-order valence-electron chi connectivity index (χ2n) is 12.1. The summed E-state index contributed by atoms with van der Waals surface area (Å²) in [5, 5.41) is 0. The van der Waals surface area contributed by atoms with Gasteiger partial charge in [0.1, 0.15) is 11.5 Å². The molecule has 5 aliphatic carbocycles. The molecule has 34 heavy (non-hydrogen) atoms. The summed E-state index contributed by atoms with van der Waals surface area (Å²) >= 11 is 0. The second-order valence-corrected chi connectivity index (χ2v) is 12.1. The third-order valence-electron chi connectivity index (χ3n) is 10.8. The van der Waals surface area contributed by atoms with Crippen LogP contribution in [0.5, 0.6) is 0 Å². The number of ether oxygens (including phenoxy) is 2. The molecular formula is C29H36O5. The molecule has 1 unspecified atom stereocenters. The van der Waals surface area contributed by atoms with Crippen LogP contribution in [0.15, 0.2) is 35.5 Å². The van der Waals surface area contributed by atoms with Gasteiger partial charge in [0.05, 0.1) is 6.61 Å². The van der Waals surface area contributed by atoms with Crippen LogP contribution < -0.4 is 0 Å². The minimum Gasteiger partial charge on any atom is -0.465 e. The van der Waals surface area contributed by atoms with Crippen LogP contribution >= 0.6 is 0 Å². The molecule has 0 aromatic carbocycles. The van der Waals surface area contributed by atoms with E-state index in [1.165, 1.54) is 5.57 Å². The van der Waals surface area contributed by atoms with E-state index >= 15 is 0 Å². The number of esters is 2. The van der Waals surface area contributed by atoms with E-state index in [0.29, 0.717) is 37.2 Å². The largest absolute Gasteiger partial charge is 0.465 e. The minimum absolute atomic E-state index is 0.0186. The first-order chi connectivity index (χ1) is 16.2. The van der Waals surface area contributed by atoms with Crippen LogP contribution in [-0.4, -0.2) is 29.9 Å². The van der Waals surface area contributed by atoms with Crippen LogP contribution in [0, 0.1) is 40.4 Å². The summed E-state index contributed by atoms with van der Waals surface area (Å²) in [6.07, 6.45) is 16.0. The third kappa shape index (κ3) is 2.88. The summed E-state index contributed by atoms with van der Waals surface area (Å²) in [5.41, 5.74) is 2.24. The van der Waals surface area contributed by atoms with Crippen molar-refractivity contribution >= 4 is 17.7 Å². The molecule has 2 saturated carbocycles. The zero-order valence-electron chi connectivity index (χ0n) is 20.6. The minimum atomic E-state index is -0.663. The van der Waals surface area contributed by atoms with E-state index in [9.17, 15) is 14.4 Å². The molecule has 1 spiro atoms. The van der Waals surface area contributed by atoms with Gasteiger partial charge in [0.15, 0.2) is 5.78 Å². The Labute approximate surface area is 202 Å². The standard InChI is InChI=1S/C29H36O5/c1-4-33-26(32)21-14-18-16-27(2)19(13-17(18)15-24(21)30)5-6-20-22(27)7-10-28(3)23(20)8-11-29(28)12-9-25(31)34-29/h5-6,13,15,18,20-23H,4,7-12,14,16H2,1-3H3/t18-,20-,21?,22+,23+,27+,28+,29-/m1/s1. The molecule has 5 nitrogen and oxygen atoms in total. The molecule has 3 fully saturated rings. The van der Waals surface area contributed by atoms with E-state index in [-0.39, 0.29) is 40.1 Å². The summed E-state index contributed by atoms with van der Waals surface area (Å²) in [6, 6.07) is 0. The molecule has 0 amide bonds. The predicted octanol–water partition coefficient (Wildman–Crippen LogP) is 5.11. The van der Waals surface area contributed by atoms with Gasteiger partial charge in [-0.15, -0.1) is 0 Å². The summed E-state index contributed by atoms with van der Waals surface area (Å²) in [4.78, 5) is 37.2. The van der Waals surface area contributed by atoms with E-state index in [2.05, 4.69) is 32.1 Å². The van der Waals surface area contributed by atoms with Gasteiger partial charge in [0.2, 0.25) is 0 Å². The number of hydrogen-bond acceptors (Lipinski definition) is 5. The van der Waals surface area contributed by atoms with E-state index < -0.39 is 5.92 Å². The van der Waals surface area contributed by atoms with Crippen LogP contribution in [0.25, 0.3) is 0 Å². The van der Waals surface area contributed by atoms with Crippen molar-refractivity contribution in [3.05, 3.63) is 35.5 Å². The zero-order valence-corrected chi connectivity index (χ0v) is 20.6. The Morgan fingerprint density at radius 2 is 1.91 bits per heavy atom. The SMILES string of the molecule is CCOC(=O)C1C[C@@H]2C[C@@]3(C)C(=CC2=CC1=O)C=C[C@@H]1[C@@H]3CC[C@@]2(C)[C@H]1CC[C@@]21CCC(=O)O1. The molecule has 1 saturated heterocycles. The molecule has 6 rings (SSSR count). The lowest BCUT2D eigenvalue weighted by molar-refractivity contribution is -0.165. The monoisotopic (exact) mass is 464 g/mol. The number of carbonyl (C=O) groups excluding carboxylic acids is 3. The fourth-order valence-electron chi connectivity index (χ4n) is 9.03. The van der Waals surface area contributed by atoms with Gasteiger partial charge >= 0.3 is 11.9 Å². The molecule has 0 N–H and O–H groups in total. The Kier molecular flexibility index (Phi) is 4.86. The number of allylic oxidation sites excluding steroid dienone is 6. The summed E-state index contributed by atoms with van der Waals surface area (Å²) in [7, 11) is 0.